The number of carboxylic acids is 2. The van der Waals surface area contributed by atoms with Crippen LogP contribution in [0.25, 0.3) is 0 Å². The van der Waals surface area contributed by atoms with Gasteiger partial charge in [-0.25, -0.2) is 9.59 Å². The number of hydrogen-bond acceptors (Lipinski definition) is 7. The fourth-order valence-corrected chi connectivity index (χ4v) is 1.52. The molecule has 0 fully saturated rings. The van der Waals surface area contributed by atoms with E-state index in [0.717, 1.165) is 0 Å². The summed E-state index contributed by atoms with van der Waals surface area (Å²) in [5.74, 6) is -3.45. The third kappa shape index (κ3) is 9.97. The lowest BCUT2D eigenvalue weighted by molar-refractivity contribution is -0.152. The molecule has 0 rings (SSSR count). The summed E-state index contributed by atoms with van der Waals surface area (Å²) in [6.45, 7) is 3.18. The Morgan fingerprint density at radius 1 is 1.12 bits per heavy atom. The Bertz CT molecular complexity index is 478. The van der Waals surface area contributed by atoms with E-state index in [4.69, 9.17) is 14.9 Å². The number of nitrogens with one attached hydrogen (secondary N) is 2. The van der Waals surface area contributed by atoms with Gasteiger partial charge in [-0.2, -0.15) is 0 Å². The average Bonchev–Trinajstić information content (AvgIpc) is 2.43. The van der Waals surface area contributed by atoms with Crippen molar-refractivity contribution in [2.45, 2.75) is 51.5 Å². The summed E-state index contributed by atoms with van der Waals surface area (Å²) in [6.07, 6.45) is -2.90. The van der Waals surface area contributed by atoms with Gasteiger partial charge in [0.05, 0.1) is 18.9 Å². The van der Waals surface area contributed by atoms with E-state index in [9.17, 15) is 24.0 Å². The monoisotopic (exact) mass is 348 g/mol. The number of carbonyl (C=O) groups excluding carboxylic acids is 3. The average molecular weight is 348 g/mol. The molecule has 0 aliphatic heterocycles. The molecule has 2 atom stereocenters. The molecular weight excluding hydrogens is 328 g/mol. The first kappa shape index (κ1) is 21.1. The SMILES string of the molecule is CC(C)OC(=O)CC(NC(=O)NC(CCC(=O)O)OC=O)C(=O)O. The number of hydrogen-bond donors (Lipinski definition) is 4. The van der Waals surface area contributed by atoms with Gasteiger partial charge in [-0.05, 0) is 13.8 Å². The van der Waals surface area contributed by atoms with Gasteiger partial charge < -0.3 is 30.3 Å². The lowest BCUT2D eigenvalue weighted by atomic mass is 10.2. The highest BCUT2D eigenvalue weighted by atomic mass is 16.5. The number of urea groups is 1. The third-order valence-electron chi connectivity index (χ3n) is 2.47. The van der Waals surface area contributed by atoms with Crippen LogP contribution in [0.1, 0.15) is 33.1 Å². The number of aliphatic carboxylic acids is 2. The van der Waals surface area contributed by atoms with E-state index >= 15 is 0 Å². The maximum Gasteiger partial charge on any atom is 0.326 e. The molecule has 0 aromatic rings. The predicted molar refractivity (Wildman–Crippen MR) is 76.7 cm³/mol. The Morgan fingerprint density at radius 3 is 2.21 bits per heavy atom. The summed E-state index contributed by atoms with van der Waals surface area (Å²) in [6, 6.07) is -2.61. The molecule has 0 aromatic carbocycles. The van der Waals surface area contributed by atoms with Gasteiger partial charge in [0.15, 0.2) is 6.23 Å². The van der Waals surface area contributed by atoms with Crippen LogP contribution < -0.4 is 10.6 Å². The smallest absolute Gasteiger partial charge is 0.326 e. The molecule has 24 heavy (non-hydrogen) atoms. The second-order valence-electron chi connectivity index (χ2n) is 4.90. The minimum absolute atomic E-state index is 0.0154. The van der Waals surface area contributed by atoms with E-state index in [0.29, 0.717) is 0 Å². The molecule has 0 bridgehead atoms. The van der Waals surface area contributed by atoms with Crippen LogP contribution in [0, 0.1) is 0 Å². The van der Waals surface area contributed by atoms with Gasteiger partial charge in [-0.15, -0.1) is 0 Å². The molecule has 0 spiro atoms. The molecular formula is C13H20N2O9. The fourth-order valence-electron chi connectivity index (χ4n) is 1.52. The third-order valence-corrected chi connectivity index (χ3v) is 2.47. The van der Waals surface area contributed by atoms with Crippen molar-refractivity contribution in [2.24, 2.45) is 0 Å². The van der Waals surface area contributed by atoms with E-state index in [1.165, 1.54) is 0 Å². The standard InChI is InChI=1S/C13H20N2O9/c1-7(2)24-11(19)5-8(12(20)21)14-13(22)15-9(23-6-16)3-4-10(17)18/h6-9H,3-5H2,1-2H3,(H,17,18)(H,20,21)(H2,14,15,22). The topological polar surface area (TPSA) is 168 Å². The maximum atomic E-state index is 11.7. The van der Waals surface area contributed by atoms with Gasteiger partial charge in [-0.1, -0.05) is 0 Å². The van der Waals surface area contributed by atoms with Crippen LogP contribution in [-0.2, 0) is 28.7 Å². The number of carboxylic acid groups (broad SMARTS) is 2. The molecule has 0 saturated carbocycles. The molecule has 136 valence electrons. The van der Waals surface area contributed by atoms with Gasteiger partial charge in [-0.3, -0.25) is 14.4 Å². The minimum atomic E-state index is -1.56. The summed E-state index contributed by atoms with van der Waals surface area (Å²) in [5, 5.41) is 21.6. The van der Waals surface area contributed by atoms with Gasteiger partial charge >= 0.3 is 23.9 Å². The molecule has 0 aliphatic carbocycles. The van der Waals surface area contributed by atoms with Crippen molar-refractivity contribution < 1.29 is 43.7 Å². The number of esters is 1. The van der Waals surface area contributed by atoms with Crippen molar-refractivity contribution in [3.05, 3.63) is 0 Å². The first-order valence-electron chi connectivity index (χ1n) is 6.95. The molecule has 4 N–H and O–H groups in total. The van der Waals surface area contributed by atoms with E-state index in [2.05, 4.69) is 10.1 Å². The fraction of sp³-hybridized carbons (Fsp3) is 0.615. The number of amides is 2. The highest BCUT2D eigenvalue weighted by molar-refractivity contribution is 5.86. The van der Waals surface area contributed by atoms with Crippen LogP contribution in [0.3, 0.4) is 0 Å². The first-order chi connectivity index (χ1) is 11.1. The van der Waals surface area contributed by atoms with Crippen molar-refractivity contribution >= 4 is 30.4 Å². The second kappa shape index (κ2) is 10.8. The van der Waals surface area contributed by atoms with E-state index in [1.54, 1.807) is 13.8 Å². The molecule has 2 amide bonds. The Kier molecular flexibility index (Phi) is 9.52. The van der Waals surface area contributed by atoms with Crippen LogP contribution in [0.2, 0.25) is 0 Å². The molecule has 11 heteroatoms. The number of carbonyl (C=O) groups is 5. The van der Waals surface area contributed by atoms with Gasteiger partial charge in [0.2, 0.25) is 0 Å². The van der Waals surface area contributed by atoms with Crippen molar-refractivity contribution in [3.8, 4) is 0 Å². The zero-order valence-corrected chi connectivity index (χ0v) is 13.2. The van der Waals surface area contributed by atoms with E-state index < -0.39 is 48.7 Å². The molecule has 0 aromatic heterocycles. The van der Waals surface area contributed by atoms with E-state index in [-0.39, 0.29) is 19.3 Å². The Balaban J connectivity index is 4.62. The normalized spacial score (nSPS) is 12.6. The van der Waals surface area contributed by atoms with Crippen molar-refractivity contribution in [1.29, 1.82) is 0 Å². The minimum Gasteiger partial charge on any atom is -0.481 e. The lowest BCUT2D eigenvalue weighted by Gasteiger charge is -2.19. The summed E-state index contributed by atoms with van der Waals surface area (Å²) in [7, 11) is 0. The Labute approximate surface area is 137 Å². The maximum absolute atomic E-state index is 11.7. The zero-order chi connectivity index (χ0) is 18.7. The summed E-state index contributed by atoms with van der Waals surface area (Å²) in [4.78, 5) is 55.0. The summed E-state index contributed by atoms with van der Waals surface area (Å²) < 4.78 is 9.27. The van der Waals surface area contributed by atoms with Crippen LogP contribution in [-0.4, -0.2) is 59.0 Å². The molecule has 0 radical (unpaired) electrons. The quantitative estimate of drug-likeness (QED) is 0.217. The van der Waals surface area contributed by atoms with Crippen molar-refractivity contribution in [3.63, 3.8) is 0 Å². The van der Waals surface area contributed by atoms with Crippen molar-refractivity contribution in [1.82, 2.24) is 10.6 Å². The predicted octanol–water partition coefficient (Wildman–Crippen LogP) is -0.556. The molecule has 11 nitrogen and oxygen atoms in total. The van der Waals surface area contributed by atoms with Gasteiger partial charge in [0, 0.05) is 6.42 Å². The highest BCUT2D eigenvalue weighted by Gasteiger charge is 2.25. The lowest BCUT2D eigenvalue weighted by Crippen LogP contribution is -2.50. The zero-order valence-electron chi connectivity index (χ0n) is 13.2. The van der Waals surface area contributed by atoms with Crippen LogP contribution in [0.5, 0.6) is 0 Å². The first-order valence-corrected chi connectivity index (χ1v) is 6.95. The largest absolute Gasteiger partial charge is 0.481 e. The van der Waals surface area contributed by atoms with Crippen LogP contribution in [0.4, 0.5) is 4.79 Å². The van der Waals surface area contributed by atoms with E-state index in [1.807, 2.05) is 5.32 Å². The molecule has 2 unspecified atom stereocenters. The molecule has 0 heterocycles. The van der Waals surface area contributed by atoms with Crippen LogP contribution >= 0.6 is 0 Å². The molecule has 0 aliphatic rings. The summed E-state index contributed by atoms with van der Waals surface area (Å²) in [5.41, 5.74) is 0. The Hall–Kier alpha value is -2.85. The van der Waals surface area contributed by atoms with Crippen molar-refractivity contribution in [2.75, 3.05) is 0 Å². The second-order valence-corrected chi connectivity index (χ2v) is 4.90. The highest BCUT2D eigenvalue weighted by Crippen LogP contribution is 2.01. The number of ether oxygens (including phenoxy) is 2. The Morgan fingerprint density at radius 2 is 1.75 bits per heavy atom. The van der Waals surface area contributed by atoms with Gasteiger partial charge in [0.25, 0.3) is 6.47 Å². The number of rotatable bonds is 11. The van der Waals surface area contributed by atoms with Gasteiger partial charge in [0.1, 0.15) is 6.04 Å². The molecule has 0 saturated heterocycles. The summed E-state index contributed by atoms with van der Waals surface area (Å²) >= 11 is 0. The van der Waals surface area contributed by atoms with Crippen LogP contribution in [0.15, 0.2) is 0 Å².